The molecular weight excluding hydrogens is 516 g/mol. The first-order chi connectivity index (χ1) is 19.5. The zero-order chi connectivity index (χ0) is 29.1. The van der Waals surface area contributed by atoms with Gasteiger partial charge < -0.3 is 5.32 Å². The third-order valence-electron chi connectivity index (χ3n) is 7.78. The summed E-state index contributed by atoms with van der Waals surface area (Å²) in [7, 11) is 3.71. The van der Waals surface area contributed by atoms with E-state index in [1.54, 1.807) is 19.3 Å². The number of fused-ring (bicyclic) bond motifs is 2. The predicted molar refractivity (Wildman–Crippen MR) is 161 cm³/mol. The molecule has 6 rings (SSSR count). The fourth-order valence-electron chi connectivity index (χ4n) is 5.35. The number of nitrogens with one attached hydrogen (secondary N) is 1. The van der Waals surface area contributed by atoms with Gasteiger partial charge in [-0.3, -0.25) is 19.2 Å². The van der Waals surface area contributed by atoms with E-state index < -0.39 is 0 Å². The van der Waals surface area contributed by atoms with Crippen LogP contribution in [0, 0.1) is 6.92 Å². The summed E-state index contributed by atoms with van der Waals surface area (Å²) in [6, 6.07) is 15.3. The molecule has 1 aliphatic rings. The number of hydrogen-bond donors (Lipinski definition) is 1. The Balaban J connectivity index is 1.39. The van der Waals surface area contributed by atoms with Crippen molar-refractivity contribution in [3.05, 3.63) is 92.3 Å². The molecule has 3 aromatic heterocycles. The molecule has 1 aliphatic heterocycles. The quantitative estimate of drug-likeness (QED) is 0.359. The molecule has 0 atom stereocenters. The van der Waals surface area contributed by atoms with Gasteiger partial charge in [-0.15, -0.1) is 0 Å². The van der Waals surface area contributed by atoms with Gasteiger partial charge in [0.1, 0.15) is 5.69 Å². The number of hydrogen-bond acceptors (Lipinski definition) is 7. The maximum absolute atomic E-state index is 13.6. The molecule has 0 saturated heterocycles. The van der Waals surface area contributed by atoms with Crippen molar-refractivity contribution >= 4 is 22.3 Å². The van der Waals surface area contributed by atoms with Crippen LogP contribution >= 0.6 is 0 Å². The summed E-state index contributed by atoms with van der Waals surface area (Å²) in [5.41, 5.74) is 5.02. The molecule has 0 radical (unpaired) electrons. The summed E-state index contributed by atoms with van der Waals surface area (Å²) in [5.74, 6) is 0.622. The lowest BCUT2D eigenvalue weighted by Crippen LogP contribution is -2.30. The van der Waals surface area contributed by atoms with Crippen molar-refractivity contribution in [2.45, 2.75) is 46.2 Å². The van der Waals surface area contributed by atoms with Crippen molar-refractivity contribution in [3.63, 3.8) is 0 Å². The van der Waals surface area contributed by atoms with Gasteiger partial charge in [0.25, 0.3) is 11.1 Å². The van der Waals surface area contributed by atoms with Gasteiger partial charge in [0, 0.05) is 37.2 Å². The van der Waals surface area contributed by atoms with Crippen molar-refractivity contribution < 1.29 is 0 Å². The maximum atomic E-state index is 13.6. The maximum Gasteiger partial charge on any atom is 0.290 e. The molecule has 5 aromatic rings. The highest BCUT2D eigenvalue weighted by molar-refractivity contribution is 5.82. The minimum absolute atomic E-state index is 0.0295. The van der Waals surface area contributed by atoms with E-state index in [9.17, 15) is 9.59 Å². The number of anilines is 2. The van der Waals surface area contributed by atoms with E-state index in [0.717, 1.165) is 47.4 Å². The minimum atomic E-state index is -0.257. The predicted octanol–water partition coefficient (Wildman–Crippen LogP) is 4.14. The van der Waals surface area contributed by atoms with Gasteiger partial charge in [0.15, 0.2) is 5.82 Å². The van der Waals surface area contributed by atoms with E-state index in [1.807, 2.05) is 54.1 Å². The molecule has 0 bridgehead atoms. The molecule has 41 heavy (non-hydrogen) atoms. The molecule has 0 fully saturated rings. The number of nitrogens with zero attached hydrogens (tertiary/aromatic N) is 7. The van der Waals surface area contributed by atoms with Crippen molar-refractivity contribution in [3.8, 4) is 16.9 Å². The van der Waals surface area contributed by atoms with E-state index in [2.05, 4.69) is 53.3 Å². The summed E-state index contributed by atoms with van der Waals surface area (Å²) in [6.07, 6.45) is 1.74. The summed E-state index contributed by atoms with van der Waals surface area (Å²) in [5, 5.41) is 18.4. The molecule has 0 spiro atoms. The number of benzene rings is 2. The average Bonchev–Trinajstić information content (AvgIpc) is 3.32. The zero-order valence-electron chi connectivity index (χ0n) is 24.3. The smallest absolute Gasteiger partial charge is 0.290 e. The average molecular weight is 551 g/mol. The van der Waals surface area contributed by atoms with Gasteiger partial charge in [-0.25, -0.2) is 4.68 Å². The Hall–Kier alpha value is -4.57. The van der Waals surface area contributed by atoms with Crippen LogP contribution in [0.2, 0.25) is 0 Å². The van der Waals surface area contributed by atoms with Crippen LogP contribution < -0.4 is 16.4 Å². The molecule has 0 unspecified atom stereocenters. The highest BCUT2D eigenvalue weighted by Crippen LogP contribution is 2.28. The number of aryl methyl sites for hydroxylation is 1. The number of aromatic nitrogens is 6. The largest absolute Gasteiger partial charge is 0.334 e. The molecule has 4 heterocycles. The molecular formula is C31H34N8O2. The third-order valence-corrected chi connectivity index (χ3v) is 7.78. The fraction of sp³-hybridized carbons (Fsp3) is 0.323. The van der Waals surface area contributed by atoms with Gasteiger partial charge in [0.2, 0.25) is 0 Å². The Kier molecular flexibility index (Phi) is 6.37. The Morgan fingerprint density at radius 2 is 1.73 bits per heavy atom. The van der Waals surface area contributed by atoms with Gasteiger partial charge in [-0.1, -0.05) is 39.0 Å². The number of rotatable bonds is 4. The summed E-state index contributed by atoms with van der Waals surface area (Å²) >= 11 is 0. The first-order valence-electron chi connectivity index (χ1n) is 13.7. The summed E-state index contributed by atoms with van der Waals surface area (Å²) in [6.45, 7) is 10.9. The topological polar surface area (TPSA) is 103 Å². The molecule has 2 aromatic carbocycles. The molecule has 1 N–H and O–H groups in total. The zero-order valence-corrected chi connectivity index (χ0v) is 24.3. The third kappa shape index (κ3) is 4.84. The first-order valence-corrected chi connectivity index (χ1v) is 13.7. The van der Waals surface area contributed by atoms with E-state index in [-0.39, 0.29) is 16.5 Å². The van der Waals surface area contributed by atoms with Crippen molar-refractivity contribution in [2.24, 2.45) is 7.05 Å². The van der Waals surface area contributed by atoms with Crippen LogP contribution in [-0.2, 0) is 25.6 Å². The second kappa shape index (κ2) is 9.81. The van der Waals surface area contributed by atoms with E-state index in [4.69, 9.17) is 0 Å². The normalized spacial score (nSPS) is 13.9. The lowest BCUT2D eigenvalue weighted by atomic mass is 9.86. The van der Waals surface area contributed by atoms with Gasteiger partial charge in [-0.05, 0) is 54.8 Å². The summed E-state index contributed by atoms with van der Waals surface area (Å²) in [4.78, 5) is 28.8. The van der Waals surface area contributed by atoms with Crippen LogP contribution in [0.1, 0.15) is 37.6 Å². The first kappa shape index (κ1) is 26.6. The Morgan fingerprint density at radius 1 is 0.927 bits per heavy atom. The highest BCUT2D eigenvalue weighted by Gasteiger charge is 2.19. The molecule has 10 heteroatoms. The summed E-state index contributed by atoms with van der Waals surface area (Å²) < 4.78 is 4.73. The lowest BCUT2D eigenvalue weighted by molar-refractivity contribution is 0.259. The molecule has 0 amide bonds. The van der Waals surface area contributed by atoms with Crippen LogP contribution in [0.5, 0.6) is 0 Å². The van der Waals surface area contributed by atoms with E-state index in [0.29, 0.717) is 28.3 Å². The monoisotopic (exact) mass is 550 g/mol. The van der Waals surface area contributed by atoms with Crippen molar-refractivity contribution in [1.82, 2.24) is 34.2 Å². The van der Waals surface area contributed by atoms with Crippen molar-refractivity contribution in [2.75, 3.05) is 18.9 Å². The Labute approximate surface area is 237 Å². The van der Waals surface area contributed by atoms with E-state index >= 15 is 0 Å². The molecule has 10 nitrogen and oxygen atoms in total. The second-order valence-corrected chi connectivity index (χ2v) is 11.8. The van der Waals surface area contributed by atoms with Gasteiger partial charge in [0.05, 0.1) is 35.2 Å². The van der Waals surface area contributed by atoms with Crippen LogP contribution in [0.15, 0.2) is 64.3 Å². The molecule has 210 valence electrons. The van der Waals surface area contributed by atoms with E-state index in [1.165, 1.54) is 9.36 Å². The SMILES string of the molecule is Cc1c(-c2cc(Nc3cc4n(n3)CCN(C)C4)c(=O)n(C)n2)cccc1-n1ncc2cc(C(C)(C)C)ccc2c1=O. The molecule has 0 saturated carbocycles. The number of likely N-dealkylation sites (N-methyl/N-ethyl adjacent to an activating group) is 1. The lowest BCUT2D eigenvalue weighted by Gasteiger charge is -2.22. The van der Waals surface area contributed by atoms with Gasteiger partial charge in [-0.2, -0.15) is 20.0 Å². The second-order valence-electron chi connectivity index (χ2n) is 11.8. The highest BCUT2D eigenvalue weighted by atomic mass is 16.1. The van der Waals surface area contributed by atoms with Gasteiger partial charge >= 0.3 is 0 Å². The molecule has 0 aliphatic carbocycles. The fourth-order valence-corrected chi connectivity index (χ4v) is 5.35. The van der Waals surface area contributed by atoms with Crippen LogP contribution in [-0.4, -0.2) is 47.8 Å². The van der Waals surface area contributed by atoms with Crippen LogP contribution in [0.4, 0.5) is 11.5 Å². The minimum Gasteiger partial charge on any atom is -0.334 e. The standard InChI is InChI=1S/C31H34N8O2/c1-19-23(8-7-9-27(19)39-29(40)24-11-10-21(31(2,3)4)14-20(24)17-32-39)25-16-26(30(41)37(6)34-25)33-28-15-22-18-36(5)12-13-38(22)35-28/h7-11,14-17H,12-13,18H2,1-6H3,(H,33,35). The van der Waals surface area contributed by atoms with Crippen LogP contribution in [0.3, 0.4) is 0 Å². The Bertz CT molecular complexity index is 1930. The van der Waals surface area contributed by atoms with Crippen LogP contribution in [0.25, 0.3) is 27.7 Å². The Morgan fingerprint density at radius 3 is 2.51 bits per heavy atom. The van der Waals surface area contributed by atoms with Crippen molar-refractivity contribution in [1.29, 1.82) is 0 Å².